The van der Waals surface area contributed by atoms with Gasteiger partial charge >= 0.3 is 0 Å². The average molecular weight is 258 g/mol. The molecule has 8 heteroatoms. The Hall–Kier alpha value is -0.950. The van der Waals surface area contributed by atoms with E-state index >= 15 is 0 Å². The molecule has 15 heavy (non-hydrogen) atoms. The molecule has 0 bridgehead atoms. The molecule has 4 nitrogen and oxygen atoms in total. The summed E-state index contributed by atoms with van der Waals surface area (Å²) >= 11 is 0. The highest BCUT2D eigenvalue weighted by atomic mass is 35.7. The monoisotopic (exact) mass is 257 g/mol. The number of pyridine rings is 1. The number of aromatic amines is 1. The number of halogens is 3. The van der Waals surface area contributed by atoms with Gasteiger partial charge in [-0.1, -0.05) is 0 Å². The molecular formula is C7H6ClF2NO3S. The molecule has 0 aromatic carbocycles. The molecule has 0 saturated heterocycles. The zero-order valence-electron chi connectivity index (χ0n) is 7.42. The van der Waals surface area contributed by atoms with Crippen LogP contribution in [0.1, 0.15) is 17.7 Å². The molecule has 0 aliphatic heterocycles. The second-order valence-electron chi connectivity index (χ2n) is 2.78. The fourth-order valence-electron chi connectivity index (χ4n) is 0.984. The van der Waals surface area contributed by atoms with Gasteiger partial charge in [-0.25, -0.2) is 17.2 Å². The third-order valence-electron chi connectivity index (χ3n) is 1.73. The summed E-state index contributed by atoms with van der Waals surface area (Å²) in [7, 11) is 0.741. The maximum Gasteiger partial charge on any atom is 0.278 e. The maximum absolute atomic E-state index is 12.2. The molecule has 0 spiro atoms. The van der Waals surface area contributed by atoms with Crippen molar-refractivity contribution >= 4 is 19.7 Å². The van der Waals surface area contributed by atoms with Crippen LogP contribution in [0.15, 0.2) is 15.9 Å². The minimum atomic E-state index is -4.23. The topological polar surface area (TPSA) is 67.0 Å². The molecule has 1 rings (SSSR count). The first-order valence-electron chi connectivity index (χ1n) is 3.70. The smallest absolute Gasteiger partial charge is 0.278 e. The normalized spacial score (nSPS) is 12.1. The van der Waals surface area contributed by atoms with Crippen molar-refractivity contribution in [3.05, 3.63) is 27.5 Å². The van der Waals surface area contributed by atoms with E-state index in [4.69, 9.17) is 10.7 Å². The van der Waals surface area contributed by atoms with Gasteiger partial charge in [-0.05, 0) is 6.92 Å². The molecule has 0 unspecified atom stereocenters. The van der Waals surface area contributed by atoms with E-state index in [9.17, 15) is 22.0 Å². The van der Waals surface area contributed by atoms with Gasteiger partial charge in [0.1, 0.15) is 0 Å². The number of H-pyrrole nitrogens is 1. The van der Waals surface area contributed by atoms with E-state index in [1.807, 2.05) is 4.98 Å². The van der Waals surface area contributed by atoms with Crippen molar-refractivity contribution in [3.8, 4) is 0 Å². The molecule has 0 fully saturated rings. The zero-order chi connectivity index (χ0) is 11.8. The van der Waals surface area contributed by atoms with Gasteiger partial charge in [-0.3, -0.25) is 4.79 Å². The fraction of sp³-hybridized carbons (Fsp3) is 0.286. The molecule has 0 atom stereocenters. The van der Waals surface area contributed by atoms with Gasteiger partial charge in [0.25, 0.3) is 15.5 Å². The fourth-order valence-corrected chi connectivity index (χ4v) is 2.15. The van der Waals surface area contributed by atoms with Gasteiger partial charge in [0.15, 0.2) is 10.5 Å². The van der Waals surface area contributed by atoms with Crippen LogP contribution in [0.2, 0.25) is 0 Å². The number of rotatable bonds is 2. The van der Waals surface area contributed by atoms with Crippen LogP contribution in [-0.2, 0) is 9.05 Å². The molecule has 84 valence electrons. The second-order valence-corrected chi connectivity index (χ2v) is 5.28. The molecule has 1 heterocycles. The van der Waals surface area contributed by atoms with Crippen LogP contribution in [0, 0.1) is 6.92 Å². The standard InChI is InChI=1S/C7H6ClF2NO3S/c1-3-5(12)2-4(6(9)10)11-7(3)15(8,13)14/h2,6H,1H3,(H,11,12). The predicted molar refractivity (Wildman–Crippen MR) is 49.8 cm³/mol. The number of hydrogen-bond donors (Lipinski definition) is 1. The van der Waals surface area contributed by atoms with E-state index in [2.05, 4.69) is 0 Å². The van der Waals surface area contributed by atoms with Crippen molar-refractivity contribution in [2.75, 3.05) is 0 Å². The predicted octanol–water partition coefficient (Wildman–Crippen LogP) is 1.55. The van der Waals surface area contributed by atoms with Gasteiger partial charge in [0.2, 0.25) is 0 Å². The minimum absolute atomic E-state index is 0.214. The van der Waals surface area contributed by atoms with E-state index in [-0.39, 0.29) is 5.56 Å². The molecule has 1 aromatic heterocycles. The summed E-state index contributed by atoms with van der Waals surface area (Å²) in [5.41, 5.74) is -1.79. The van der Waals surface area contributed by atoms with Gasteiger partial charge < -0.3 is 4.98 Å². The third kappa shape index (κ3) is 2.54. The Morgan fingerprint density at radius 3 is 2.40 bits per heavy atom. The van der Waals surface area contributed by atoms with Crippen molar-refractivity contribution < 1.29 is 17.2 Å². The van der Waals surface area contributed by atoms with Crippen molar-refractivity contribution in [1.29, 1.82) is 0 Å². The first-order valence-corrected chi connectivity index (χ1v) is 6.01. The van der Waals surface area contributed by atoms with E-state index in [0.29, 0.717) is 6.07 Å². The summed E-state index contributed by atoms with van der Waals surface area (Å²) in [4.78, 5) is 13.1. The van der Waals surface area contributed by atoms with Crippen molar-refractivity contribution in [2.45, 2.75) is 18.4 Å². The summed E-state index contributed by atoms with van der Waals surface area (Å²) in [6.07, 6.45) is -2.96. The van der Waals surface area contributed by atoms with Crippen LogP contribution < -0.4 is 5.43 Å². The van der Waals surface area contributed by atoms with Crippen LogP contribution in [0.25, 0.3) is 0 Å². The van der Waals surface area contributed by atoms with Crippen molar-refractivity contribution in [2.24, 2.45) is 0 Å². The Labute approximate surface area is 88.3 Å². The third-order valence-corrected chi connectivity index (χ3v) is 3.09. The summed E-state index contributed by atoms with van der Waals surface area (Å²) in [5.74, 6) is 0. The van der Waals surface area contributed by atoms with Crippen LogP contribution in [0.3, 0.4) is 0 Å². The number of hydrogen-bond acceptors (Lipinski definition) is 3. The molecule has 1 aromatic rings. The van der Waals surface area contributed by atoms with Gasteiger partial charge in [-0.2, -0.15) is 0 Å². The van der Waals surface area contributed by atoms with Crippen LogP contribution in [-0.4, -0.2) is 13.4 Å². The number of alkyl halides is 2. The molecule has 0 aliphatic rings. The Morgan fingerprint density at radius 1 is 1.47 bits per heavy atom. The van der Waals surface area contributed by atoms with Crippen LogP contribution >= 0.6 is 10.7 Å². The molecule has 0 radical (unpaired) electrons. The molecular weight excluding hydrogens is 252 g/mol. The molecule has 0 saturated carbocycles. The summed E-state index contributed by atoms with van der Waals surface area (Å²) in [6, 6.07) is 0.644. The first-order chi connectivity index (χ1) is 6.73. The quantitative estimate of drug-likeness (QED) is 0.818. The number of aromatic nitrogens is 1. The lowest BCUT2D eigenvalue weighted by Gasteiger charge is -2.05. The minimum Gasteiger partial charge on any atom is -0.343 e. The first kappa shape index (κ1) is 12.1. The second kappa shape index (κ2) is 3.90. The highest BCUT2D eigenvalue weighted by Crippen LogP contribution is 2.20. The SMILES string of the molecule is Cc1c(S(=O)(=O)Cl)[nH]c(C(F)F)cc1=O. The Bertz CT molecular complexity index is 538. The molecule has 1 N–H and O–H groups in total. The van der Waals surface area contributed by atoms with E-state index < -0.39 is 31.6 Å². The van der Waals surface area contributed by atoms with Gasteiger partial charge in [0, 0.05) is 22.3 Å². The Kier molecular flexibility index (Phi) is 3.15. The molecule has 0 aliphatic carbocycles. The summed E-state index contributed by atoms with van der Waals surface area (Å²) in [6.45, 7) is 1.18. The summed E-state index contributed by atoms with van der Waals surface area (Å²) in [5, 5.41) is -0.688. The lowest BCUT2D eigenvalue weighted by molar-refractivity contribution is 0.145. The van der Waals surface area contributed by atoms with Crippen molar-refractivity contribution in [3.63, 3.8) is 0 Å². The van der Waals surface area contributed by atoms with Crippen molar-refractivity contribution in [1.82, 2.24) is 4.98 Å². The van der Waals surface area contributed by atoms with E-state index in [0.717, 1.165) is 0 Å². The summed E-state index contributed by atoms with van der Waals surface area (Å²) < 4.78 is 46.3. The lowest BCUT2D eigenvalue weighted by atomic mass is 10.2. The van der Waals surface area contributed by atoms with E-state index in [1.54, 1.807) is 0 Å². The van der Waals surface area contributed by atoms with Crippen LogP contribution in [0.4, 0.5) is 8.78 Å². The van der Waals surface area contributed by atoms with Gasteiger partial charge in [-0.15, -0.1) is 0 Å². The Balaban J connectivity index is 3.60. The van der Waals surface area contributed by atoms with E-state index in [1.165, 1.54) is 6.92 Å². The zero-order valence-corrected chi connectivity index (χ0v) is 8.99. The highest BCUT2D eigenvalue weighted by molar-refractivity contribution is 8.13. The lowest BCUT2D eigenvalue weighted by Crippen LogP contribution is -2.14. The highest BCUT2D eigenvalue weighted by Gasteiger charge is 2.20. The van der Waals surface area contributed by atoms with Crippen LogP contribution in [0.5, 0.6) is 0 Å². The largest absolute Gasteiger partial charge is 0.343 e. The maximum atomic E-state index is 12.2. The average Bonchev–Trinajstić information content (AvgIpc) is 2.06. The van der Waals surface area contributed by atoms with Gasteiger partial charge in [0.05, 0.1) is 5.69 Å². The molecule has 0 amide bonds. The Morgan fingerprint density at radius 2 is 2.00 bits per heavy atom. The number of nitrogens with one attached hydrogen (secondary N) is 1.